The number of nitrogens with zero attached hydrogens (tertiary/aromatic N) is 3. The number of aromatic nitrogens is 2. The van der Waals surface area contributed by atoms with Crippen molar-refractivity contribution >= 4 is 15.9 Å². The summed E-state index contributed by atoms with van der Waals surface area (Å²) in [6.45, 7) is 0. The zero-order valence-electron chi connectivity index (χ0n) is 8.11. The molecule has 74 valence electrons. The molecule has 0 unspecified atom stereocenters. The van der Waals surface area contributed by atoms with E-state index in [0.29, 0.717) is 5.56 Å². The fourth-order valence-corrected chi connectivity index (χ4v) is 1.89. The molecule has 1 aromatic heterocycles. The number of halogens is 1. The molecule has 15 heavy (non-hydrogen) atoms. The van der Waals surface area contributed by atoms with Crippen LogP contribution in [0.3, 0.4) is 0 Å². The highest BCUT2D eigenvalue weighted by Gasteiger charge is 2.08. The maximum atomic E-state index is 9.06. The maximum absolute atomic E-state index is 9.06. The standard InChI is InChI=1S/C11H8BrN3/c1-15-7-8(6-14-15)9-3-2-4-11(12)10(9)5-13/h2-4,6-7H,1H3. The van der Waals surface area contributed by atoms with Gasteiger partial charge in [0.2, 0.25) is 0 Å². The van der Waals surface area contributed by atoms with E-state index in [4.69, 9.17) is 5.26 Å². The van der Waals surface area contributed by atoms with Crippen LogP contribution in [0.1, 0.15) is 5.56 Å². The fraction of sp³-hybridized carbons (Fsp3) is 0.0909. The Morgan fingerprint density at radius 3 is 2.87 bits per heavy atom. The van der Waals surface area contributed by atoms with Gasteiger partial charge in [-0.25, -0.2) is 0 Å². The van der Waals surface area contributed by atoms with Crippen molar-refractivity contribution in [3.8, 4) is 17.2 Å². The molecule has 1 heterocycles. The van der Waals surface area contributed by atoms with Crippen molar-refractivity contribution in [2.45, 2.75) is 0 Å². The molecule has 0 saturated heterocycles. The van der Waals surface area contributed by atoms with Crippen LogP contribution >= 0.6 is 15.9 Å². The van der Waals surface area contributed by atoms with Gasteiger partial charge in [0.25, 0.3) is 0 Å². The lowest BCUT2D eigenvalue weighted by molar-refractivity contribution is 0.768. The first kappa shape index (κ1) is 9.94. The van der Waals surface area contributed by atoms with Crippen LogP contribution in [0.4, 0.5) is 0 Å². The summed E-state index contributed by atoms with van der Waals surface area (Å²) >= 11 is 3.36. The first-order valence-electron chi connectivity index (χ1n) is 4.40. The number of rotatable bonds is 1. The van der Waals surface area contributed by atoms with Crippen LogP contribution in [0.5, 0.6) is 0 Å². The summed E-state index contributed by atoms with van der Waals surface area (Å²) in [4.78, 5) is 0. The van der Waals surface area contributed by atoms with Crippen LogP contribution in [-0.2, 0) is 7.05 Å². The minimum absolute atomic E-state index is 0.644. The molecule has 0 atom stereocenters. The summed E-state index contributed by atoms with van der Waals surface area (Å²) in [5, 5.41) is 13.2. The van der Waals surface area contributed by atoms with E-state index in [9.17, 15) is 0 Å². The topological polar surface area (TPSA) is 41.6 Å². The van der Waals surface area contributed by atoms with E-state index in [-0.39, 0.29) is 0 Å². The van der Waals surface area contributed by atoms with Crippen LogP contribution < -0.4 is 0 Å². The first-order valence-corrected chi connectivity index (χ1v) is 5.19. The van der Waals surface area contributed by atoms with Gasteiger partial charge in [-0.3, -0.25) is 4.68 Å². The van der Waals surface area contributed by atoms with Gasteiger partial charge in [-0.2, -0.15) is 10.4 Å². The molecule has 2 rings (SSSR count). The average molecular weight is 262 g/mol. The average Bonchev–Trinajstić information content (AvgIpc) is 2.64. The fourth-order valence-electron chi connectivity index (χ4n) is 1.44. The predicted molar refractivity (Wildman–Crippen MR) is 61.1 cm³/mol. The molecule has 4 heteroatoms. The summed E-state index contributed by atoms with van der Waals surface area (Å²) in [6.07, 6.45) is 3.64. The monoisotopic (exact) mass is 261 g/mol. The normalized spacial score (nSPS) is 9.93. The molecule has 0 fully saturated rings. The minimum Gasteiger partial charge on any atom is -0.275 e. The van der Waals surface area contributed by atoms with Gasteiger partial charge in [0.15, 0.2) is 0 Å². The van der Waals surface area contributed by atoms with Gasteiger partial charge in [-0.1, -0.05) is 12.1 Å². The Morgan fingerprint density at radius 2 is 2.27 bits per heavy atom. The Balaban J connectivity index is 2.63. The van der Waals surface area contributed by atoms with Crippen molar-refractivity contribution < 1.29 is 0 Å². The summed E-state index contributed by atoms with van der Waals surface area (Å²) in [5.41, 5.74) is 2.50. The quantitative estimate of drug-likeness (QED) is 0.792. The second kappa shape index (κ2) is 3.87. The number of aryl methyl sites for hydroxylation is 1. The molecular formula is C11H8BrN3. The van der Waals surface area contributed by atoms with Crippen molar-refractivity contribution in [1.82, 2.24) is 9.78 Å². The van der Waals surface area contributed by atoms with E-state index in [1.165, 1.54) is 0 Å². The predicted octanol–water partition coefficient (Wildman–Crippen LogP) is 2.72. The Morgan fingerprint density at radius 1 is 1.47 bits per heavy atom. The number of hydrogen-bond acceptors (Lipinski definition) is 2. The molecule has 0 radical (unpaired) electrons. The third-order valence-corrected chi connectivity index (χ3v) is 2.80. The highest BCUT2D eigenvalue weighted by Crippen LogP contribution is 2.28. The number of nitriles is 1. The summed E-state index contributed by atoms with van der Waals surface area (Å²) < 4.78 is 2.53. The van der Waals surface area contributed by atoms with Gasteiger partial charge in [0, 0.05) is 28.8 Å². The van der Waals surface area contributed by atoms with Gasteiger partial charge >= 0.3 is 0 Å². The summed E-state index contributed by atoms with van der Waals surface area (Å²) in [7, 11) is 1.85. The van der Waals surface area contributed by atoms with E-state index < -0.39 is 0 Å². The van der Waals surface area contributed by atoms with E-state index in [2.05, 4.69) is 27.1 Å². The van der Waals surface area contributed by atoms with Crippen LogP contribution in [0.15, 0.2) is 35.1 Å². The Labute approximate surface area is 96.1 Å². The van der Waals surface area contributed by atoms with Crippen LogP contribution in [0.2, 0.25) is 0 Å². The summed E-state index contributed by atoms with van der Waals surface area (Å²) in [5.74, 6) is 0. The van der Waals surface area contributed by atoms with Gasteiger partial charge in [-0.15, -0.1) is 0 Å². The van der Waals surface area contributed by atoms with Gasteiger partial charge in [0.05, 0.1) is 11.8 Å². The molecule has 0 N–H and O–H groups in total. The molecule has 1 aromatic carbocycles. The molecule has 0 aliphatic carbocycles. The van der Waals surface area contributed by atoms with E-state index in [0.717, 1.165) is 15.6 Å². The zero-order chi connectivity index (χ0) is 10.8. The Kier molecular flexibility index (Phi) is 2.57. The van der Waals surface area contributed by atoms with Gasteiger partial charge in [-0.05, 0) is 22.0 Å². The molecule has 0 spiro atoms. The smallest absolute Gasteiger partial charge is 0.101 e. The second-order valence-corrected chi connectivity index (χ2v) is 4.03. The van der Waals surface area contributed by atoms with Gasteiger partial charge in [0.1, 0.15) is 6.07 Å². The van der Waals surface area contributed by atoms with Crippen LogP contribution in [0.25, 0.3) is 11.1 Å². The SMILES string of the molecule is Cn1cc(-c2cccc(Br)c2C#N)cn1. The van der Waals surface area contributed by atoms with Crippen molar-refractivity contribution in [2.75, 3.05) is 0 Å². The second-order valence-electron chi connectivity index (χ2n) is 3.18. The van der Waals surface area contributed by atoms with Gasteiger partial charge < -0.3 is 0 Å². The molecule has 0 bridgehead atoms. The summed E-state index contributed by atoms with van der Waals surface area (Å²) in [6, 6.07) is 7.87. The molecule has 0 amide bonds. The lowest BCUT2D eigenvalue weighted by atomic mass is 10.0. The van der Waals surface area contributed by atoms with Crippen molar-refractivity contribution in [2.24, 2.45) is 7.05 Å². The van der Waals surface area contributed by atoms with Crippen LogP contribution in [0, 0.1) is 11.3 Å². The molecule has 0 aliphatic heterocycles. The van der Waals surface area contributed by atoms with E-state index >= 15 is 0 Å². The maximum Gasteiger partial charge on any atom is 0.101 e. The Bertz CT molecular complexity index is 537. The number of benzene rings is 1. The third-order valence-electron chi connectivity index (χ3n) is 2.14. The first-order chi connectivity index (χ1) is 7.22. The molecule has 3 nitrogen and oxygen atoms in total. The van der Waals surface area contributed by atoms with Crippen molar-refractivity contribution in [3.63, 3.8) is 0 Å². The lowest BCUT2D eigenvalue weighted by Gasteiger charge is -2.01. The molecule has 0 aliphatic rings. The molecular weight excluding hydrogens is 254 g/mol. The van der Waals surface area contributed by atoms with Crippen molar-refractivity contribution in [3.05, 3.63) is 40.6 Å². The third kappa shape index (κ3) is 1.79. The minimum atomic E-state index is 0.644. The molecule has 0 saturated carbocycles. The van der Waals surface area contributed by atoms with E-state index in [1.54, 1.807) is 10.9 Å². The highest BCUT2D eigenvalue weighted by molar-refractivity contribution is 9.10. The zero-order valence-corrected chi connectivity index (χ0v) is 9.69. The number of hydrogen-bond donors (Lipinski definition) is 0. The lowest BCUT2D eigenvalue weighted by Crippen LogP contribution is -1.85. The van der Waals surface area contributed by atoms with Crippen molar-refractivity contribution in [1.29, 1.82) is 5.26 Å². The van der Waals surface area contributed by atoms with E-state index in [1.807, 2.05) is 31.4 Å². The highest BCUT2D eigenvalue weighted by atomic mass is 79.9. The Hall–Kier alpha value is -1.60. The molecule has 2 aromatic rings. The van der Waals surface area contributed by atoms with Crippen LogP contribution in [-0.4, -0.2) is 9.78 Å². The largest absolute Gasteiger partial charge is 0.275 e.